The zero-order valence-electron chi connectivity index (χ0n) is 16.6. The second kappa shape index (κ2) is 7.87. The number of likely N-dealkylation sites (tertiary alicyclic amines) is 1. The summed E-state index contributed by atoms with van der Waals surface area (Å²) < 4.78 is 11.6. The van der Waals surface area contributed by atoms with Gasteiger partial charge in [-0.1, -0.05) is 6.07 Å². The highest BCUT2D eigenvalue weighted by Gasteiger charge is 2.28. The molecule has 5 rings (SSSR count). The molecule has 0 radical (unpaired) electrons. The van der Waals surface area contributed by atoms with Crippen LogP contribution in [-0.2, 0) is 4.79 Å². The topological polar surface area (TPSA) is 99.4 Å². The van der Waals surface area contributed by atoms with E-state index in [2.05, 4.69) is 32.3 Å². The van der Waals surface area contributed by atoms with Gasteiger partial charge in [-0.25, -0.2) is 4.79 Å². The van der Waals surface area contributed by atoms with Gasteiger partial charge in [0.15, 0.2) is 11.5 Å². The summed E-state index contributed by atoms with van der Waals surface area (Å²) in [6, 6.07) is 11.6. The molecule has 30 heavy (non-hydrogen) atoms. The molecular formula is C22H24N4O4. The number of aromatic nitrogens is 2. The molecule has 1 amide bonds. The zero-order valence-corrected chi connectivity index (χ0v) is 16.6. The zero-order chi connectivity index (χ0) is 20.5. The first-order chi connectivity index (χ1) is 14.7. The second-order valence-electron chi connectivity index (χ2n) is 7.77. The molecule has 2 aliphatic rings. The smallest absolute Gasteiger partial charge is 0.323 e. The number of anilines is 1. The predicted octanol–water partition coefficient (Wildman–Crippen LogP) is 2.79. The average Bonchev–Trinajstić information content (AvgIpc) is 3.25. The maximum absolute atomic E-state index is 12.7. The molecule has 0 spiro atoms. The van der Waals surface area contributed by atoms with Gasteiger partial charge in [0.25, 0.3) is 0 Å². The molecule has 2 aromatic carbocycles. The Morgan fingerprint density at radius 3 is 2.77 bits per heavy atom. The number of rotatable bonds is 4. The van der Waals surface area contributed by atoms with Gasteiger partial charge in [-0.2, -0.15) is 0 Å². The number of fused-ring (bicyclic) bond motifs is 2. The van der Waals surface area contributed by atoms with Gasteiger partial charge in [-0.15, -0.1) is 0 Å². The van der Waals surface area contributed by atoms with Gasteiger partial charge in [0.1, 0.15) is 0 Å². The number of ether oxygens (including phenoxy) is 2. The number of hydrogen-bond donors (Lipinski definition) is 3. The third-order valence-corrected chi connectivity index (χ3v) is 5.67. The lowest BCUT2D eigenvalue weighted by molar-refractivity contribution is -0.117. The normalized spacial score (nSPS) is 19.0. The summed E-state index contributed by atoms with van der Waals surface area (Å²) in [4.78, 5) is 31.7. The van der Waals surface area contributed by atoms with Gasteiger partial charge in [-0.3, -0.25) is 9.69 Å². The van der Waals surface area contributed by atoms with Crippen LogP contribution in [0.25, 0.3) is 11.0 Å². The lowest BCUT2D eigenvalue weighted by Crippen LogP contribution is -2.32. The van der Waals surface area contributed by atoms with E-state index in [4.69, 9.17) is 9.47 Å². The van der Waals surface area contributed by atoms with Crippen molar-refractivity contribution < 1.29 is 14.3 Å². The van der Waals surface area contributed by atoms with Crippen molar-refractivity contribution in [1.82, 2.24) is 14.9 Å². The molecule has 8 heteroatoms. The van der Waals surface area contributed by atoms with Crippen molar-refractivity contribution in [3.63, 3.8) is 0 Å². The summed E-state index contributed by atoms with van der Waals surface area (Å²) in [6.07, 6.45) is 2.93. The van der Waals surface area contributed by atoms with Crippen molar-refractivity contribution in [2.45, 2.75) is 25.3 Å². The first-order valence-electron chi connectivity index (χ1n) is 10.3. The van der Waals surface area contributed by atoms with Gasteiger partial charge in [0.05, 0.1) is 30.8 Å². The quantitative estimate of drug-likeness (QED) is 0.617. The third kappa shape index (κ3) is 3.78. The first kappa shape index (κ1) is 18.7. The van der Waals surface area contributed by atoms with E-state index in [-0.39, 0.29) is 17.6 Å². The summed E-state index contributed by atoms with van der Waals surface area (Å²) in [5.74, 6) is 1.50. The van der Waals surface area contributed by atoms with Crippen molar-refractivity contribution in [1.29, 1.82) is 0 Å². The Balaban J connectivity index is 1.28. The van der Waals surface area contributed by atoms with E-state index in [1.54, 1.807) is 18.2 Å². The van der Waals surface area contributed by atoms with E-state index in [1.165, 1.54) is 0 Å². The van der Waals surface area contributed by atoms with Crippen LogP contribution >= 0.6 is 0 Å². The van der Waals surface area contributed by atoms with E-state index in [1.807, 2.05) is 6.07 Å². The van der Waals surface area contributed by atoms with Crippen LogP contribution in [0.2, 0.25) is 0 Å². The molecule has 1 atom stereocenters. The Morgan fingerprint density at radius 1 is 1.03 bits per heavy atom. The van der Waals surface area contributed by atoms with Crippen LogP contribution in [0, 0.1) is 0 Å². The van der Waals surface area contributed by atoms with Crippen molar-refractivity contribution in [2.75, 3.05) is 31.6 Å². The molecule has 0 bridgehead atoms. The molecule has 1 aromatic heterocycles. The molecule has 156 valence electrons. The fourth-order valence-corrected chi connectivity index (χ4v) is 4.28. The molecule has 0 saturated carbocycles. The highest BCUT2D eigenvalue weighted by atomic mass is 16.5. The monoisotopic (exact) mass is 408 g/mol. The Bertz CT molecular complexity index is 1140. The SMILES string of the molecule is O=C(CN1CCC[C@H]1c1ccc2c(c1)OCCCO2)Nc1ccc2[nH]c(=O)[nH]c2c1. The summed E-state index contributed by atoms with van der Waals surface area (Å²) in [7, 11) is 0. The van der Waals surface area contributed by atoms with Gasteiger partial charge < -0.3 is 24.8 Å². The molecule has 3 N–H and O–H groups in total. The number of aromatic amines is 2. The van der Waals surface area contributed by atoms with E-state index >= 15 is 0 Å². The first-order valence-corrected chi connectivity index (χ1v) is 10.3. The van der Waals surface area contributed by atoms with Gasteiger partial charge in [0, 0.05) is 18.2 Å². The molecule has 1 saturated heterocycles. The third-order valence-electron chi connectivity index (χ3n) is 5.67. The number of amides is 1. The minimum atomic E-state index is -0.261. The van der Waals surface area contributed by atoms with Crippen molar-refractivity contribution in [2.24, 2.45) is 0 Å². The average molecular weight is 408 g/mol. The van der Waals surface area contributed by atoms with Crippen LogP contribution in [-0.4, -0.2) is 47.1 Å². The molecule has 1 fully saturated rings. The van der Waals surface area contributed by atoms with Crippen LogP contribution in [0.15, 0.2) is 41.2 Å². The number of H-pyrrole nitrogens is 2. The molecule has 8 nitrogen and oxygen atoms in total. The number of hydrogen-bond acceptors (Lipinski definition) is 5. The minimum absolute atomic E-state index is 0.0755. The molecule has 3 heterocycles. The number of nitrogens with zero attached hydrogens (tertiary/aromatic N) is 1. The number of imidazole rings is 1. The van der Waals surface area contributed by atoms with Crippen molar-refractivity contribution in [3.8, 4) is 11.5 Å². The van der Waals surface area contributed by atoms with E-state index in [0.717, 1.165) is 42.9 Å². The van der Waals surface area contributed by atoms with Crippen LogP contribution < -0.4 is 20.5 Å². The van der Waals surface area contributed by atoms with Crippen LogP contribution in [0.5, 0.6) is 11.5 Å². The maximum Gasteiger partial charge on any atom is 0.323 e. The molecule has 0 unspecified atom stereocenters. The maximum atomic E-state index is 12.7. The van der Waals surface area contributed by atoms with E-state index < -0.39 is 0 Å². The molecular weight excluding hydrogens is 384 g/mol. The summed E-state index contributed by atoms with van der Waals surface area (Å²) in [6.45, 7) is 2.51. The number of carbonyl (C=O) groups excluding carboxylic acids is 1. The Hall–Kier alpha value is -3.26. The molecule has 3 aromatic rings. The van der Waals surface area contributed by atoms with E-state index in [0.29, 0.717) is 36.5 Å². The summed E-state index contributed by atoms with van der Waals surface area (Å²) >= 11 is 0. The highest BCUT2D eigenvalue weighted by molar-refractivity contribution is 5.94. The Labute approximate surface area is 173 Å². The van der Waals surface area contributed by atoms with Crippen LogP contribution in [0.3, 0.4) is 0 Å². The number of nitrogens with one attached hydrogen (secondary N) is 3. The Kier molecular flexibility index (Phi) is 4.92. The highest BCUT2D eigenvalue weighted by Crippen LogP contribution is 2.37. The Morgan fingerprint density at radius 2 is 1.87 bits per heavy atom. The van der Waals surface area contributed by atoms with Gasteiger partial charge in [-0.05, 0) is 55.3 Å². The van der Waals surface area contributed by atoms with Crippen LogP contribution in [0.1, 0.15) is 30.9 Å². The van der Waals surface area contributed by atoms with Crippen molar-refractivity contribution in [3.05, 3.63) is 52.4 Å². The predicted molar refractivity (Wildman–Crippen MR) is 113 cm³/mol. The van der Waals surface area contributed by atoms with Crippen LogP contribution in [0.4, 0.5) is 5.69 Å². The minimum Gasteiger partial charge on any atom is -0.490 e. The lowest BCUT2D eigenvalue weighted by atomic mass is 10.0. The fourth-order valence-electron chi connectivity index (χ4n) is 4.28. The standard InChI is InChI=1S/C22H24N4O4/c27-21(23-15-5-6-16-17(12-15)25-22(28)24-16)13-26-8-1-3-18(26)14-4-7-19-20(11-14)30-10-2-9-29-19/h4-7,11-12,18H,1-3,8-10,13H2,(H,23,27)(H2,24,25,28)/t18-/m0/s1. The second-order valence-corrected chi connectivity index (χ2v) is 7.77. The fraction of sp³-hybridized carbons (Fsp3) is 0.364. The number of carbonyl (C=O) groups is 1. The van der Waals surface area contributed by atoms with Crippen molar-refractivity contribution >= 4 is 22.6 Å². The molecule has 0 aliphatic carbocycles. The largest absolute Gasteiger partial charge is 0.490 e. The van der Waals surface area contributed by atoms with E-state index in [9.17, 15) is 9.59 Å². The van der Waals surface area contributed by atoms with Gasteiger partial charge in [0.2, 0.25) is 5.91 Å². The summed E-state index contributed by atoms with van der Waals surface area (Å²) in [5.41, 5.74) is 2.93. The van der Waals surface area contributed by atoms with Gasteiger partial charge >= 0.3 is 5.69 Å². The lowest BCUT2D eigenvalue weighted by Gasteiger charge is -2.25. The summed E-state index contributed by atoms with van der Waals surface area (Å²) in [5, 5.41) is 2.94. The number of benzene rings is 2. The molecule has 2 aliphatic heterocycles.